The van der Waals surface area contributed by atoms with Gasteiger partial charge in [-0.1, -0.05) is 12.1 Å². The second-order valence-electron chi connectivity index (χ2n) is 5.94. The van der Waals surface area contributed by atoms with E-state index in [1.54, 1.807) is 10.9 Å². The molecule has 25 heavy (non-hydrogen) atoms. The lowest BCUT2D eigenvalue weighted by Crippen LogP contribution is -3.00. The summed E-state index contributed by atoms with van der Waals surface area (Å²) in [5.41, 5.74) is 10.9. The van der Waals surface area contributed by atoms with Crippen molar-refractivity contribution < 1.29 is 17.0 Å². The molecule has 0 saturated heterocycles. The first-order chi connectivity index (χ1) is 11.5. The van der Waals surface area contributed by atoms with Crippen LogP contribution in [0.15, 0.2) is 59.2 Å². The molecule has 0 aliphatic rings. The highest BCUT2D eigenvalue weighted by atomic mass is 35.5. The molecule has 0 radical (unpaired) electrons. The molecule has 0 atom stereocenters. The van der Waals surface area contributed by atoms with E-state index >= 15 is 0 Å². The van der Waals surface area contributed by atoms with Crippen LogP contribution in [0.3, 0.4) is 0 Å². The highest BCUT2D eigenvalue weighted by molar-refractivity contribution is 5.57. The SMILES string of the molecule is Cc1ccc(C)c(N=Nc2cnn(Cc3ccc[n+](C)c3)c2N)c1.[Cl-]. The van der Waals surface area contributed by atoms with Gasteiger partial charge in [0.25, 0.3) is 0 Å². The van der Waals surface area contributed by atoms with Crippen LogP contribution in [0.2, 0.25) is 0 Å². The van der Waals surface area contributed by atoms with E-state index in [2.05, 4.69) is 21.4 Å². The zero-order chi connectivity index (χ0) is 17.1. The van der Waals surface area contributed by atoms with Crippen LogP contribution in [-0.2, 0) is 13.6 Å². The van der Waals surface area contributed by atoms with E-state index in [0.717, 1.165) is 22.4 Å². The Morgan fingerprint density at radius 1 is 1.16 bits per heavy atom. The van der Waals surface area contributed by atoms with Gasteiger partial charge in [0.05, 0.1) is 18.4 Å². The van der Waals surface area contributed by atoms with Crippen LogP contribution >= 0.6 is 0 Å². The monoisotopic (exact) mass is 356 g/mol. The van der Waals surface area contributed by atoms with Crippen molar-refractivity contribution in [1.29, 1.82) is 0 Å². The Morgan fingerprint density at radius 3 is 2.68 bits per heavy atom. The van der Waals surface area contributed by atoms with Crippen LogP contribution in [0, 0.1) is 13.8 Å². The predicted octanol–water partition coefficient (Wildman–Crippen LogP) is 0.374. The molecule has 6 nitrogen and oxygen atoms in total. The number of aryl methyl sites for hydroxylation is 3. The van der Waals surface area contributed by atoms with Gasteiger partial charge in [0.2, 0.25) is 0 Å². The van der Waals surface area contributed by atoms with E-state index in [4.69, 9.17) is 5.73 Å². The molecule has 2 N–H and O–H groups in total. The van der Waals surface area contributed by atoms with Crippen molar-refractivity contribution in [3.05, 3.63) is 65.6 Å². The summed E-state index contributed by atoms with van der Waals surface area (Å²) < 4.78 is 3.73. The summed E-state index contributed by atoms with van der Waals surface area (Å²) in [6.45, 7) is 4.64. The molecule has 0 aliphatic carbocycles. The summed E-state index contributed by atoms with van der Waals surface area (Å²) in [6, 6.07) is 10.1. The summed E-state index contributed by atoms with van der Waals surface area (Å²) in [6.07, 6.45) is 5.67. The van der Waals surface area contributed by atoms with E-state index in [-0.39, 0.29) is 12.4 Å². The minimum atomic E-state index is 0. The average Bonchev–Trinajstić information content (AvgIpc) is 2.89. The quantitative estimate of drug-likeness (QED) is 0.542. The average molecular weight is 357 g/mol. The van der Waals surface area contributed by atoms with Crippen LogP contribution in [0.4, 0.5) is 17.2 Å². The first kappa shape index (κ1) is 18.6. The lowest BCUT2D eigenvalue weighted by atomic mass is 10.1. The van der Waals surface area contributed by atoms with Gasteiger partial charge in [-0.3, -0.25) is 0 Å². The highest BCUT2D eigenvalue weighted by Crippen LogP contribution is 2.26. The molecule has 3 aromatic rings. The Hall–Kier alpha value is -2.73. The smallest absolute Gasteiger partial charge is 0.173 e. The van der Waals surface area contributed by atoms with Crippen molar-refractivity contribution >= 4 is 17.2 Å². The van der Waals surface area contributed by atoms with Gasteiger partial charge in [-0.25, -0.2) is 9.25 Å². The zero-order valence-electron chi connectivity index (χ0n) is 14.5. The molecule has 0 aliphatic heterocycles. The fraction of sp³-hybridized carbons (Fsp3) is 0.222. The molecule has 0 fully saturated rings. The molecule has 3 rings (SSSR count). The normalized spacial score (nSPS) is 10.8. The fourth-order valence-corrected chi connectivity index (χ4v) is 2.44. The molecule has 0 amide bonds. The second-order valence-corrected chi connectivity index (χ2v) is 5.94. The van der Waals surface area contributed by atoms with E-state index in [9.17, 15) is 0 Å². The van der Waals surface area contributed by atoms with E-state index < -0.39 is 0 Å². The molecule has 0 bridgehead atoms. The van der Waals surface area contributed by atoms with Crippen LogP contribution in [0.5, 0.6) is 0 Å². The van der Waals surface area contributed by atoms with Crippen LogP contribution < -0.4 is 22.7 Å². The van der Waals surface area contributed by atoms with Crippen LogP contribution in [0.25, 0.3) is 0 Å². The van der Waals surface area contributed by atoms with Crippen molar-refractivity contribution in [3.63, 3.8) is 0 Å². The minimum absolute atomic E-state index is 0. The number of pyridine rings is 1. The molecule has 130 valence electrons. The van der Waals surface area contributed by atoms with Gasteiger partial charge < -0.3 is 18.1 Å². The molecular weight excluding hydrogens is 336 g/mol. The zero-order valence-corrected chi connectivity index (χ0v) is 15.3. The Balaban J connectivity index is 0.00000225. The predicted molar refractivity (Wildman–Crippen MR) is 93.5 cm³/mol. The number of aromatic nitrogens is 3. The number of nitrogen functional groups attached to an aromatic ring is 1. The van der Waals surface area contributed by atoms with E-state index in [1.165, 1.54) is 0 Å². The van der Waals surface area contributed by atoms with Crippen LogP contribution in [-0.4, -0.2) is 9.78 Å². The van der Waals surface area contributed by atoms with E-state index in [0.29, 0.717) is 18.1 Å². The summed E-state index contributed by atoms with van der Waals surface area (Å²) in [7, 11) is 1.99. The first-order valence-electron chi connectivity index (χ1n) is 7.77. The molecule has 0 unspecified atom stereocenters. The molecule has 0 saturated carbocycles. The Labute approximate surface area is 153 Å². The van der Waals surface area contributed by atoms with E-state index in [1.807, 2.05) is 62.1 Å². The number of hydrogen-bond acceptors (Lipinski definition) is 4. The third kappa shape index (κ3) is 4.42. The van der Waals surface area contributed by atoms with Gasteiger partial charge in [-0.05, 0) is 37.1 Å². The number of nitrogens with zero attached hydrogens (tertiary/aromatic N) is 5. The summed E-state index contributed by atoms with van der Waals surface area (Å²) in [4.78, 5) is 0. The van der Waals surface area contributed by atoms with Crippen molar-refractivity contribution in [3.8, 4) is 0 Å². The maximum atomic E-state index is 6.16. The van der Waals surface area contributed by atoms with Crippen LogP contribution in [0.1, 0.15) is 16.7 Å². The number of rotatable bonds is 4. The molecule has 2 aromatic heterocycles. The number of anilines is 1. The number of nitrogens with two attached hydrogens (primary N) is 1. The molecule has 1 aromatic carbocycles. The van der Waals surface area contributed by atoms with Crippen molar-refractivity contribution in [2.24, 2.45) is 17.3 Å². The van der Waals surface area contributed by atoms with Crippen molar-refractivity contribution in [2.75, 3.05) is 5.73 Å². The third-order valence-corrected chi connectivity index (χ3v) is 3.82. The molecule has 2 heterocycles. The van der Waals surface area contributed by atoms with Gasteiger partial charge >= 0.3 is 0 Å². The largest absolute Gasteiger partial charge is 1.00 e. The maximum absolute atomic E-state index is 6.16. The number of halogens is 1. The fourth-order valence-electron chi connectivity index (χ4n) is 2.44. The number of azo groups is 1. The highest BCUT2D eigenvalue weighted by Gasteiger charge is 2.09. The topological polar surface area (TPSA) is 72.4 Å². The summed E-state index contributed by atoms with van der Waals surface area (Å²) >= 11 is 0. The second kappa shape index (κ2) is 7.90. The Bertz CT molecular complexity index is 900. The van der Waals surface area contributed by atoms with Crippen molar-refractivity contribution in [2.45, 2.75) is 20.4 Å². The summed E-state index contributed by atoms with van der Waals surface area (Å²) in [5.74, 6) is 0.510. The first-order valence-corrected chi connectivity index (χ1v) is 7.77. The maximum Gasteiger partial charge on any atom is 0.173 e. The molecule has 7 heteroatoms. The van der Waals surface area contributed by atoms with Gasteiger partial charge in [0.1, 0.15) is 18.6 Å². The minimum Gasteiger partial charge on any atom is -1.00 e. The Morgan fingerprint density at radius 2 is 1.92 bits per heavy atom. The summed E-state index contributed by atoms with van der Waals surface area (Å²) in [5, 5.41) is 12.9. The lowest BCUT2D eigenvalue weighted by molar-refractivity contribution is -0.671. The van der Waals surface area contributed by atoms with Gasteiger partial charge in [0.15, 0.2) is 12.4 Å². The van der Waals surface area contributed by atoms with Gasteiger partial charge in [-0.2, -0.15) is 10.2 Å². The van der Waals surface area contributed by atoms with Gasteiger partial charge in [0, 0.05) is 11.6 Å². The van der Waals surface area contributed by atoms with Crippen molar-refractivity contribution in [1.82, 2.24) is 9.78 Å². The lowest BCUT2D eigenvalue weighted by Gasteiger charge is -2.03. The standard InChI is InChI=1S/C18H21N6.ClH/c1-13-6-7-14(2)16(9-13)21-22-17-10-20-24(18(17)19)12-15-5-4-8-23(3)11-15;/h4-11H,12,19H2,1-3H3;1H/q+1;/p-1. The molecule has 0 spiro atoms. The Kier molecular flexibility index (Phi) is 5.88. The third-order valence-electron chi connectivity index (χ3n) is 3.82. The number of benzene rings is 1. The van der Waals surface area contributed by atoms with Gasteiger partial charge in [-0.15, -0.1) is 5.11 Å². The molecular formula is C18H21ClN6. The number of hydrogen-bond donors (Lipinski definition) is 1.